The summed E-state index contributed by atoms with van der Waals surface area (Å²) in [5, 5.41) is 16.3. The average Bonchev–Trinajstić information content (AvgIpc) is 3.18. The molecule has 164 valence electrons. The number of hydrogen-bond acceptors (Lipinski definition) is 5. The van der Waals surface area contributed by atoms with E-state index in [0.717, 1.165) is 35.9 Å². The van der Waals surface area contributed by atoms with Crippen LogP contribution in [0.25, 0.3) is 17.8 Å². The Balaban J connectivity index is 1.61. The Hall–Kier alpha value is -3.75. The van der Waals surface area contributed by atoms with Gasteiger partial charge >= 0.3 is 16.9 Å². The van der Waals surface area contributed by atoms with Crippen LogP contribution in [0, 0.1) is 10.1 Å². The van der Waals surface area contributed by atoms with Crippen molar-refractivity contribution in [2.45, 2.75) is 50.6 Å². The maximum absolute atomic E-state index is 13.3. The van der Waals surface area contributed by atoms with Crippen LogP contribution in [0.15, 0.2) is 52.3 Å². The van der Waals surface area contributed by atoms with E-state index < -0.39 is 21.9 Å². The second-order valence-corrected chi connectivity index (χ2v) is 8.38. The fourth-order valence-corrected chi connectivity index (χ4v) is 4.26. The third-order valence-corrected chi connectivity index (χ3v) is 6.45. The highest BCUT2D eigenvalue weighted by Gasteiger charge is 2.35. The summed E-state index contributed by atoms with van der Waals surface area (Å²) in [6.07, 6.45) is 11.4. The number of rotatable bonds is 6. The Kier molecular flexibility index (Phi) is 5.08. The summed E-state index contributed by atoms with van der Waals surface area (Å²) in [4.78, 5) is 37.6. The van der Waals surface area contributed by atoms with Crippen molar-refractivity contribution in [1.29, 1.82) is 0 Å². The van der Waals surface area contributed by atoms with Crippen molar-refractivity contribution in [2.75, 3.05) is 0 Å². The monoisotopic (exact) mass is 433 g/mol. The van der Waals surface area contributed by atoms with Crippen molar-refractivity contribution < 1.29 is 4.92 Å². The molecule has 2 aliphatic carbocycles. The second-order valence-electron chi connectivity index (χ2n) is 8.38. The lowest BCUT2D eigenvalue weighted by atomic mass is 9.91. The molecule has 0 spiro atoms. The molecule has 2 saturated carbocycles. The van der Waals surface area contributed by atoms with Gasteiger partial charge in [0.25, 0.3) is 0 Å². The number of nitro groups is 1. The summed E-state index contributed by atoms with van der Waals surface area (Å²) in [7, 11) is 0. The molecule has 2 aliphatic rings. The van der Waals surface area contributed by atoms with Gasteiger partial charge in [-0.15, -0.1) is 0 Å². The molecule has 0 unspecified atom stereocenters. The molecule has 9 nitrogen and oxygen atoms in total. The Bertz CT molecular complexity index is 1310. The summed E-state index contributed by atoms with van der Waals surface area (Å²) in [5.74, 6) is 0. The fraction of sp³-hybridized carbons (Fsp3) is 0.348. The van der Waals surface area contributed by atoms with Crippen molar-refractivity contribution >= 4 is 17.8 Å². The van der Waals surface area contributed by atoms with Gasteiger partial charge in [-0.25, -0.2) is 9.48 Å². The highest BCUT2D eigenvalue weighted by atomic mass is 16.6. The van der Waals surface area contributed by atoms with Gasteiger partial charge in [0.1, 0.15) is 5.69 Å². The first-order chi connectivity index (χ1) is 15.5. The number of aromatic nitrogens is 4. The number of hydrogen-bond donors (Lipinski definition) is 0. The number of benzene rings is 1. The number of nitrogens with zero attached hydrogens (tertiary/aromatic N) is 5. The van der Waals surface area contributed by atoms with Gasteiger partial charge in [0.05, 0.1) is 16.8 Å². The zero-order valence-corrected chi connectivity index (χ0v) is 17.5. The molecule has 0 aliphatic heterocycles. The zero-order chi connectivity index (χ0) is 22.2. The Morgan fingerprint density at radius 3 is 2.22 bits per heavy atom. The fourth-order valence-electron chi connectivity index (χ4n) is 4.26. The molecular weight excluding hydrogens is 410 g/mol. The molecule has 2 fully saturated rings. The molecule has 0 bridgehead atoms. The molecule has 0 atom stereocenters. The van der Waals surface area contributed by atoms with E-state index in [9.17, 15) is 19.7 Å². The maximum Gasteiger partial charge on any atom is 0.357 e. The smallest absolute Gasteiger partial charge is 0.284 e. The lowest BCUT2D eigenvalue weighted by Crippen LogP contribution is -2.47. The van der Waals surface area contributed by atoms with Crippen LogP contribution in [0.4, 0.5) is 5.69 Å². The van der Waals surface area contributed by atoms with Gasteiger partial charge in [0, 0.05) is 23.8 Å². The standard InChI is InChI=1S/C23H23N5O4/c29-22-21(28(31)32)20(13-12-16-14-24-25(15-16)17-6-2-1-3-7-17)26(18-8-4-9-18)23(30)27(22)19-10-5-11-19/h1-3,6-7,12-15,18-19H,4-5,8-11H2/b13-12+. The molecule has 1 aromatic carbocycles. The molecule has 2 aromatic heterocycles. The van der Waals surface area contributed by atoms with Crippen LogP contribution in [-0.2, 0) is 0 Å². The average molecular weight is 433 g/mol. The van der Waals surface area contributed by atoms with Gasteiger partial charge in [-0.1, -0.05) is 18.2 Å². The van der Waals surface area contributed by atoms with Gasteiger partial charge in [0.2, 0.25) is 0 Å². The first-order valence-electron chi connectivity index (χ1n) is 10.9. The molecule has 3 aromatic rings. The minimum absolute atomic E-state index is 0.0673. The second kappa shape index (κ2) is 8.07. The van der Waals surface area contributed by atoms with Gasteiger partial charge in [-0.05, 0) is 62.8 Å². The van der Waals surface area contributed by atoms with Crippen molar-refractivity contribution in [2.24, 2.45) is 0 Å². The van der Waals surface area contributed by atoms with Crippen LogP contribution < -0.4 is 11.2 Å². The van der Waals surface area contributed by atoms with Crippen LogP contribution >= 0.6 is 0 Å². The summed E-state index contributed by atoms with van der Waals surface area (Å²) >= 11 is 0. The van der Waals surface area contributed by atoms with E-state index in [1.807, 2.05) is 30.3 Å². The minimum Gasteiger partial charge on any atom is -0.284 e. The van der Waals surface area contributed by atoms with Crippen LogP contribution in [0.1, 0.15) is 61.9 Å². The zero-order valence-electron chi connectivity index (χ0n) is 17.5. The summed E-state index contributed by atoms with van der Waals surface area (Å²) in [5.41, 5.74) is -0.117. The lowest BCUT2D eigenvalue weighted by Gasteiger charge is -2.32. The molecule has 0 N–H and O–H groups in total. The van der Waals surface area contributed by atoms with Crippen molar-refractivity contribution in [1.82, 2.24) is 18.9 Å². The van der Waals surface area contributed by atoms with E-state index in [1.165, 1.54) is 10.6 Å². The Morgan fingerprint density at radius 2 is 1.62 bits per heavy atom. The Labute approximate surface area is 183 Å². The van der Waals surface area contributed by atoms with Crippen molar-refractivity contribution in [3.05, 3.63) is 84.9 Å². The van der Waals surface area contributed by atoms with Gasteiger partial charge in [-0.3, -0.25) is 24.0 Å². The SMILES string of the molecule is O=c1c([N+](=O)[O-])c(/C=C/c2cnn(-c3ccccc3)c2)n(C2CCC2)c(=O)n1C1CCC1. The minimum atomic E-state index is -0.806. The number of para-hydroxylation sites is 1. The van der Waals surface area contributed by atoms with Crippen molar-refractivity contribution in [3.8, 4) is 5.69 Å². The summed E-state index contributed by atoms with van der Waals surface area (Å²) in [6, 6.07) is 9.19. The predicted octanol–water partition coefficient (Wildman–Crippen LogP) is 3.72. The van der Waals surface area contributed by atoms with Gasteiger partial charge in [0.15, 0.2) is 0 Å². The lowest BCUT2D eigenvalue weighted by molar-refractivity contribution is -0.387. The molecule has 0 saturated heterocycles. The molecule has 9 heteroatoms. The van der Waals surface area contributed by atoms with E-state index in [1.54, 1.807) is 23.2 Å². The third-order valence-electron chi connectivity index (χ3n) is 6.45. The van der Waals surface area contributed by atoms with E-state index in [0.29, 0.717) is 18.4 Å². The summed E-state index contributed by atoms with van der Waals surface area (Å²) < 4.78 is 4.28. The highest BCUT2D eigenvalue weighted by Crippen LogP contribution is 2.35. The van der Waals surface area contributed by atoms with Crippen LogP contribution in [-0.4, -0.2) is 23.8 Å². The van der Waals surface area contributed by atoms with E-state index in [-0.39, 0.29) is 17.8 Å². The van der Waals surface area contributed by atoms with E-state index in [2.05, 4.69) is 5.10 Å². The third kappa shape index (κ3) is 3.39. The topological polar surface area (TPSA) is 105 Å². The quantitative estimate of drug-likeness (QED) is 0.435. The molecular formula is C23H23N5O4. The highest BCUT2D eigenvalue weighted by molar-refractivity contribution is 5.71. The van der Waals surface area contributed by atoms with E-state index >= 15 is 0 Å². The molecule has 32 heavy (non-hydrogen) atoms. The summed E-state index contributed by atoms with van der Waals surface area (Å²) in [6.45, 7) is 0. The molecule has 2 heterocycles. The van der Waals surface area contributed by atoms with Gasteiger partial charge < -0.3 is 0 Å². The molecule has 0 radical (unpaired) electrons. The Morgan fingerprint density at radius 1 is 0.969 bits per heavy atom. The predicted molar refractivity (Wildman–Crippen MR) is 120 cm³/mol. The normalized spacial score (nSPS) is 16.8. The van der Waals surface area contributed by atoms with Crippen LogP contribution in [0.2, 0.25) is 0 Å². The largest absolute Gasteiger partial charge is 0.357 e. The molecule has 0 amide bonds. The molecule has 5 rings (SSSR count). The van der Waals surface area contributed by atoms with E-state index in [4.69, 9.17) is 0 Å². The van der Waals surface area contributed by atoms with Crippen molar-refractivity contribution in [3.63, 3.8) is 0 Å². The maximum atomic E-state index is 13.3. The van der Waals surface area contributed by atoms with Crippen LogP contribution in [0.5, 0.6) is 0 Å². The first-order valence-corrected chi connectivity index (χ1v) is 10.9. The van der Waals surface area contributed by atoms with Crippen LogP contribution in [0.3, 0.4) is 0 Å². The first kappa shape index (κ1) is 20.2. The van der Waals surface area contributed by atoms with Gasteiger partial charge in [-0.2, -0.15) is 5.10 Å².